The maximum absolute atomic E-state index is 13.1. The number of halogens is 3. The maximum atomic E-state index is 13.1. The summed E-state index contributed by atoms with van der Waals surface area (Å²) in [7, 11) is 0. The number of hydrogen-bond acceptors (Lipinski definition) is 2. The second-order valence-electron chi connectivity index (χ2n) is 3.81. The smallest absolute Gasteiger partial charge is 0.160 e. The Morgan fingerprint density at radius 1 is 1.11 bits per heavy atom. The fraction of sp³-hybridized carbons (Fsp3) is 0. The number of thiocarbonyl (C=S) groups is 1. The van der Waals surface area contributed by atoms with E-state index in [0.717, 1.165) is 22.2 Å². The molecule has 0 aromatic heterocycles. The molecule has 2 aromatic rings. The summed E-state index contributed by atoms with van der Waals surface area (Å²) in [6.07, 6.45) is 0. The third kappa shape index (κ3) is 3.27. The van der Waals surface area contributed by atoms with Crippen molar-refractivity contribution in [2.24, 2.45) is 5.73 Å². The van der Waals surface area contributed by atoms with Gasteiger partial charge >= 0.3 is 0 Å². The van der Waals surface area contributed by atoms with Gasteiger partial charge in [0.2, 0.25) is 0 Å². The minimum absolute atomic E-state index is 0.292. The van der Waals surface area contributed by atoms with E-state index in [9.17, 15) is 8.78 Å². The molecule has 0 amide bonds. The third-order valence-electron chi connectivity index (χ3n) is 2.45. The average molecular weight is 343 g/mol. The Kier molecular flexibility index (Phi) is 4.11. The van der Waals surface area contributed by atoms with Gasteiger partial charge in [0, 0.05) is 21.8 Å². The van der Waals surface area contributed by atoms with Gasteiger partial charge in [-0.2, -0.15) is 0 Å². The van der Waals surface area contributed by atoms with Crippen LogP contribution in [-0.4, -0.2) is 4.99 Å². The summed E-state index contributed by atoms with van der Waals surface area (Å²) in [5.74, 6) is -1.78. The highest BCUT2D eigenvalue weighted by Crippen LogP contribution is 2.27. The molecule has 0 bridgehead atoms. The molecule has 0 saturated heterocycles. The van der Waals surface area contributed by atoms with E-state index in [1.807, 2.05) is 0 Å². The zero-order valence-electron chi connectivity index (χ0n) is 9.58. The highest BCUT2D eigenvalue weighted by atomic mass is 79.9. The Balaban J connectivity index is 2.28. The molecule has 0 aliphatic heterocycles. The number of nitrogens with one attached hydrogen (secondary N) is 1. The zero-order chi connectivity index (χ0) is 14.0. The molecule has 0 aliphatic rings. The minimum atomic E-state index is -0.902. The highest BCUT2D eigenvalue weighted by molar-refractivity contribution is 9.10. The molecule has 0 fully saturated rings. The summed E-state index contributed by atoms with van der Waals surface area (Å²) in [6.45, 7) is 0. The monoisotopic (exact) mass is 342 g/mol. The summed E-state index contributed by atoms with van der Waals surface area (Å²) >= 11 is 8.23. The highest BCUT2D eigenvalue weighted by Gasteiger charge is 2.06. The van der Waals surface area contributed by atoms with E-state index >= 15 is 0 Å². The van der Waals surface area contributed by atoms with Gasteiger partial charge < -0.3 is 11.1 Å². The molecule has 2 nitrogen and oxygen atoms in total. The van der Waals surface area contributed by atoms with Crippen LogP contribution in [0.15, 0.2) is 40.9 Å². The first-order chi connectivity index (χ1) is 8.97. The second-order valence-corrected chi connectivity index (χ2v) is 5.11. The van der Waals surface area contributed by atoms with E-state index in [4.69, 9.17) is 18.0 Å². The summed E-state index contributed by atoms with van der Waals surface area (Å²) in [5.41, 5.74) is 7.39. The van der Waals surface area contributed by atoms with Crippen LogP contribution in [0.25, 0.3) is 0 Å². The van der Waals surface area contributed by atoms with E-state index in [2.05, 4.69) is 21.2 Å². The third-order valence-corrected chi connectivity index (χ3v) is 3.34. The van der Waals surface area contributed by atoms with Crippen molar-refractivity contribution in [1.29, 1.82) is 0 Å². The van der Waals surface area contributed by atoms with Crippen LogP contribution in [0.1, 0.15) is 5.56 Å². The molecule has 19 heavy (non-hydrogen) atoms. The molecule has 0 radical (unpaired) electrons. The van der Waals surface area contributed by atoms with Gasteiger partial charge in [0.15, 0.2) is 11.6 Å². The summed E-state index contributed by atoms with van der Waals surface area (Å²) in [5, 5.41) is 2.97. The first-order valence-electron chi connectivity index (χ1n) is 5.29. The minimum Gasteiger partial charge on any atom is -0.389 e. The van der Waals surface area contributed by atoms with Crippen LogP contribution in [0.2, 0.25) is 0 Å². The van der Waals surface area contributed by atoms with Crippen molar-refractivity contribution in [2.75, 3.05) is 5.32 Å². The number of anilines is 2. The molecular formula is C13H9BrF2N2S. The average Bonchev–Trinajstić information content (AvgIpc) is 2.36. The standard InChI is InChI=1S/C13H9BrF2N2S/c14-9-5-7(13(17)19)1-4-12(9)18-8-2-3-10(15)11(16)6-8/h1-6,18H,(H2,17,19). The number of benzene rings is 2. The molecule has 0 saturated carbocycles. The molecule has 3 N–H and O–H groups in total. The van der Waals surface area contributed by atoms with Gasteiger partial charge in [0.1, 0.15) is 4.99 Å². The van der Waals surface area contributed by atoms with Crippen LogP contribution in [0, 0.1) is 11.6 Å². The number of hydrogen-bond donors (Lipinski definition) is 2. The summed E-state index contributed by atoms with van der Waals surface area (Å²) < 4.78 is 26.6. The molecule has 0 unspecified atom stereocenters. The van der Waals surface area contributed by atoms with Crippen molar-refractivity contribution in [3.63, 3.8) is 0 Å². The topological polar surface area (TPSA) is 38.0 Å². The Labute approximate surface area is 122 Å². The van der Waals surface area contributed by atoms with Crippen molar-refractivity contribution >= 4 is 44.5 Å². The lowest BCUT2D eigenvalue weighted by molar-refractivity contribution is 0.509. The molecule has 6 heteroatoms. The molecule has 98 valence electrons. The number of nitrogens with two attached hydrogens (primary N) is 1. The molecular weight excluding hydrogens is 334 g/mol. The summed E-state index contributed by atoms with van der Waals surface area (Å²) in [4.78, 5) is 0.292. The van der Waals surface area contributed by atoms with Crippen LogP contribution < -0.4 is 11.1 Å². The van der Waals surface area contributed by atoms with Crippen LogP contribution in [0.5, 0.6) is 0 Å². The molecule has 2 aromatic carbocycles. The lowest BCUT2D eigenvalue weighted by atomic mass is 10.2. The van der Waals surface area contributed by atoms with Gasteiger partial charge in [0.05, 0.1) is 5.69 Å². The van der Waals surface area contributed by atoms with Crippen LogP contribution in [0.4, 0.5) is 20.2 Å². The van der Waals surface area contributed by atoms with E-state index in [1.54, 1.807) is 18.2 Å². The first kappa shape index (κ1) is 13.9. The lowest BCUT2D eigenvalue weighted by Gasteiger charge is -2.10. The fourth-order valence-corrected chi connectivity index (χ4v) is 2.10. The Hall–Kier alpha value is -1.53. The second kappa shape index (κ2) is 5.63. The van der Waals surface area contributed by atoms with Gasteiger partial charge in [0.25, 0.3) is 0 Å². The first-order valence-corrected chi connectivity index (χ1v) is 6.49. The summed E-state index contributed by atoms with van der Waals surface area (Å²) in [6, 6.07) is 8.85. The SMILES string of the molecule is NC(=S)c1ccc(Nc2ccc(F)c(F)c2)c(Br)c1. The maximum Gasteiger partial charge on any atom is 0.160 e. The van der Waals surface area contributed by atoms with E-state index in [1.165, 1.54) is 6.07 Å². The van der Waals surface area contributed by atoms with Gasteiger partial charge in [-0.15, -0.1) is 0 Å². The van der Waals surface area contributed by atoms with E-state index in [-0.39, 0.29) is 0 Å². The van der Waals surface area contributed by atoms with Gasteiger partial charge in [-0.05, 0) is 46.3 Å². The number of rotatable bonds is 3. The van der Waals surface area contributed by atoms with Gasteiger partial charge in [-0.25, -0.2) is 8.78 Å². The molecule has 0 spiro atoms. The van der Waals surface area contributed by atoms with Crippen molar-refractivity contribution in [2.45, 2.75) is 0 Å². The van der Waals surface area contributed by atoms with Crippen molar-refractivity contribution in [1.82, 2.24) is 0 Å². The fourth-order valence-electron chi connectivity index (χ4n) is 1.50. The van der Waals surface area contributed by atoms with Crippen LogP contribution >= 0.6 is 28.1 Å². The Morgan fingerprint density at radius 2 is 1.84 bits per heavy atom. The predicted molar refractivity (Wildman–Crippen MR) is 79.7 cm³/mol. The van der Waals surface area contributed by atoms with Crippen molar-refractivity contribution in [3.05, 3.63) is 58.1 Å². The lowest BCUT2D eigenvalue weighted by Crippen LogP contribution is -2.09. The van der Waals surface area contributed by atoms with E-state index < -0.39 is 11.6 Å². The largest absolute Gasteiger partial charge is 0.389 e. The van der Waals surface area contributed by atoms with Crippen molar-refractivity contribution < 1.29 is 8.78 Å². The van der Waals surface area contributed by atoms with Crippen LogP contribution in [0.3, 0.4) is 0 Å². The quantitative estimate of drug-likeness (QED) is 0.824. The van der Waals surface area contributed by atoms with Crippen molar-refractivity contribution in [3.8, 4) is 0 Å². The zero-order valence-corrected chi connectivity index (χ0v) is 12.0. The van der Waals surface area contributed by atoms with Gasteiger partial charge in [-0.1, -0.05) is 12.2 Å². The molecule has 0 atom stereocenters. The van der Waals surface area contributed by atoms with E-state index in [0.29, 0.717) is 16.4 Å². The normalized spacial score (nSPS) is 10.3. The van der Waals surface area contributed by atoms with Crippen LogP contribution in [-0.2, 0) is 0 Å². The molecule has 0 aliphatic carbocycles. The molecule has 0 heterocycles. The molecule has 2 rings (SSSR count). The Bertz CT molecular complexity index is 647. The van der Waals surface area contributed by atoms with Gasteiger partial charge in [-0.3, -0.25) is 0 Å². The Morgan fingerprint density at radius 3 is 2.42 bits per heavy atom. The predicted octanol–water partition coefficient (Wildman–Crippen LogP) is 4.11.